The van der Waals surface area contributed by atoms with Crippen molar-refractivity contribution in [3.8, 4) is 23.0 Å². The highest BCUT2D eigenvalue weighted by Gasteiger charge is 2.19. The van der Waals surface area contributed by atoms with Crippen molar-refractivity contribution >= 4 is 0 Å². The molecule has 0 saturated carbocycles. The molecule has 2 rings (SSSR count). The molecule has 1 atom stereocenters. The van der Waals surface area contributed by atoms with Crippen molar-refractivity contribution in [3.05, 3.63) is 24.1 Å². The van der Waals surface area contributed by atoms with Crippen molar-refractivity contribution < 1.29 is 13.9 Å². The van der Waals surface area contributed by atoms with Gasteiger partial charge in [0.15, 0.2) is 11.5 Å². The Bertz CT molecular complexity index is 583. The quantitative estimate of drug-likeness (QED) is 0.846. The summed E-state index contributed by atoms with van der Waals surface area (Å²) in [6.45, 7) is 5.01. The summed E-state index contributed by atoms with van der Waals surface area (Å²) in [5.74, 6) is 2.20. The van der Waals surface area contributed by atoms with Gasteiger partial charge in [0, 0.05) is 0 Å². The summed E-state index contributed by atoms with van der Waals surface area (Å²) < 4.78 is 16.4. The molecule has 0 bridgehead atoms. The molecule has 0 amide bonds. The van der Waals surface area contributed by atoms with Crippen LogP contribution in [-0.4, -0.2) is 31.0 Å². The van der Waals surface area contributed by atoms with Gasteiger partial charge in [-0.25, -0.2) is 0 Å². The monoisotopic (exact) mass is 291 g/mol. The fraction of sp³-hybridized carbons (Fsp3) is 0.467. The molecule has 0 aliphatic carbocycles. The van der Waals surface area contributed by atoms with Gasteiger partial charge in [-0.2, -0.15) is 0 Å². The van der Waals surface area contributed by atoms with Gasteiger partial charge >= 0.3 is 0 Å². The second-order valence-electron chi connectivity index (χ2n) is 4.66. The average Bonchev–Trinajstić information content (AvgIpc) is 3.01. The topological polar surface area (TPSA) is 69.4 Å². The molecule has 21 heavy (non-hydrogen) atoms. The maximum absolute atomic E-state index is 5.75. The Morgan fingerprint density at radius 2 is 2.05 bits per heavy atom. The zero-order valence-electron chi connectivity index (χ0n) is 12.8. The second-order valence-corrected chi connectivity index (χ2v) is 4.66. The van der Waals surface area contributed by atoms with Crippen LogP contribution in [0.4, 0.5) is 0 Å². The van der Waals surface area contributed by atoms with Crippen molar-refractivity contribution in [2.24, 2.45) is 0 Å². The summed E-state index contributed by atoms with van der Waals surface area (Å²) in [6, 6.07) is 5.57. The van der Waals surface area contributed by atoms with Gasteiger partial charge in [-0.1, -0.05) is 13.0 Å². The van der Waals surface area contributed by atoms with E-state index in [0.717, 1.165) is 18.5 Å². The largest absolute Gasteiger partial charge is 0.493 e. The predicted molar refractivity (Wildman–Crippen MR) is 79.5 cm³/mol. The summed E-state index contributed by atoms with van der Waals surface area (Å²) in [5, 5.41) is 11.5. The van der Waals surface area contributed by atoms with E-state index in [1.165, 1.54) is 0 Å². The molecule has 1 aromatic heterocycles. The highest BCUT2D eigenvalue weighted by atomic mass is 16.5. The summed E-state index contributed by atoms with van der Waals surface area (Å²) in [7, 11) is 3.18. The number of methoxy groups -OCH3 is 2. The number of para-hydroxylation sites is 1. The number of rotatable bonds is 7. The first-order chi connectivity index (χ1) is 10.2. The van der Waals surface area contributed by atoms with Gasteiger partial charge in [0.25, 0.3) is 5.89 Å². The number of nitrogens with one attached hydrogen (secondary N) is 1. The molecular weight excluding hydrogens is 270 g/mol. The first-order valence-corrected chi connectivity index (χ1v) is 6.99. The second kappa shape index (κ2) is 7.08. The van der Waals surface area contributed by atoms with Crippen LogP contribution >= 0.6 is 0 Å². The van der Waals surface area contributed by atoms with Crippen molar-refractivity contribution in [3.63, 3.8) is 0 Å². The van der Waals surface area contributed by atoms with Crippen LogP contribution in [0.15, 0.2) is 22.6 Å². The normalized spacial score (nSPS) is 12.2. The highest BCUT2D eigenvalue weighted by molar-refractivity contribution is 5.67. The van der Waals surface area contributed by atoms with E-state index in [9.17, 15) is 0 Å². The molecule has 114 valence electrons. The van der Waals surface area contributed by atoms with E-state index in [4.69, 9.17) is 13.9 Å². The Balaban J connectivity index is 2.29. The minimum atomic E-state index is 0.0165. The van der Waals surface area contributed by atoms with Crippen LogP contribution < -0.4 is 14.8 Å². The van der Waals surface area contributed by atoms with Crippen LogP contribution in [0, 0.1) is 0 Å². The van der Waals surface area contributed by atoms with Gasteiger partial charge in [-0.15, -0.1) is 10.2 Å². The Morgan fingerprint density at radius 1 is 1.24 bits per heavy atom. The zero-order valence-corrected chi connectivity index (χ0v) is 12.8. The molecule has 1 heterocycles. The third kappa shape index (κ3) is 3.33. The third-order valence-electron chi connectivity index (χ3n) is 3.14. The maximum Gasteiger partial charge on any atom is 0.251 e. The SMILES string of the molecule is CCCNC(C)c1nnc(-c2cccc(OC)c2OC)o1. The number of aromatic nitrogens is 2. The molecule has 0 spiro atoms. The number of hydrogen-bond donors (Lipinski definition) is 1. The van der Waals surface area contributed by atoms with Gasteiger partial charge < -0.3 is 19.2 Å². The molecule has 0 fully saturated rings. The van der Waals surface area contributed by atoms with E-state index in [1.54, 1.807) is 14.2 Å². The van der Waals surface area contributed by atoms with Crippen LogP contribution in [-0.2, 0) is 0 Å². The smallest absolute Gasteiger partial charge is 0.251 e. The Hall–Kier alpha value is -2.08. The standard InChI is InChI=1S/C15H21N3O3/c1-5-9-16-10(2)14-17-18-15(21-14)11-7-6-8-12(19-3)13(11)20-4/h6-8,10,16H,5,9H2,1-4H3. The van der Waals surface area contributed by atoms with E-state index >= 15 is 0 Å². The van der Waals surface area contributed by atoms with Gasteiger partial charge in [-0.3, -0.25) is 0 Å². The Kier molecular flexibility index (Phi) is 5.16. The van der Waals surface area contributed by atoms with E-state index in [1.807, 2.05) is 25.1 Å². The van der Waals surface area contributed by atoms with Crippen molar-refractivity contribution in [2.75, 3.05) is 20.8 Å². The average molecular weight is 291 g/mol. The van der Waals surface area contributed by atoms with Crippen LogP contribution in [0.5, 0.6) is 11.5 Å². The van der Waals surface area contributed by atoms with E-state index in [2.05, 4.69) is 22.4 Å². The molecule has 0 radical (unpaired) electrons. The lowest BCUT2D eigenvalue weighted by molar-refractivity contribution is 0.354. The van der Waals surface area contributed by atoms with Crippen molar-refractivity contribution in [1.82, 2.24) is 15.5 Å². The van der Waals surface area contributed by atoms with E-state index < -0.39 is 0 Å². The van der Waals surface area contributed by atoms with Crippen molar-refractivity contribution in [2.45, 2.75) is 26.3 Å². The first kappa shape index (κ1) is 15.3. The number of benzene rings is 1. The molecule has 0 saturated heterocycles. The van der Waals surface area contributed by atoms with Crippen molar-refractivity contribution in [1.29, 1.82) is 0 Å². The van der Waals surface area contributed by atoms with Crippen LogP contribution in [0.3, 0.4) is 0 Å². The molecule has 0 aliphatic heterocycles. The molecule has 6 heteroatoms. The highest BCUT2D eigenvalue weighted by Crippen LogP contribution is 2.37. The molecule has 1 N–H and O–H groups in total. The molecule has 1 unspecified atom stereocenters. The number of nitrogens with zero attached hydrogens (tertiary/aromatic N) is 2. The molecular formula is C15H21N3O3. The third-order valence-corrected chi connectivity index (χ3v) is 3.14. The fourth-order valence-corrected chi connectivity index (χ4v) is 2.02. The van der Waals surface area contributed by atoms with Crippen LogP contribution in [0.25, 0.3) is 11.5 Å². The molecule has 0 aliphatic rings. The van der Waals surface area contributed by atoms with Crippen LogP contribution in [0.1, 0.15) is 32.2 Å². The summed E-state index contributed by atoms with van der Waals surface area (Å²) in [6.07, 6.45) is 1.05. The Labute approximate surface area is 124 Å². The minimum Gasteiger partial charge on any atom is -0.493 e. The lowest BCUT2D eigenvalue weighted by atomic mass is 10.2. The number of ether oxygens (including phenoxy) is 2. The lowest BCUT2D eigenvalue weighted by Crippen LogP contribution is -2.19. The van der Waals surface area contributed by atoms with Gasteiger partial charge in [0.2, 0.25) is 5.89 Å². The van der Waals surface area contributed by atoms with Gasteiger partial charge in [-0.05, 0) is 32.0 Å². The summed E-state index contributed by atoms with van der Waals surface area (Å²) >= 11 is 0. The van der Waals surface area contributed by atoms with Gasteiger partial charge in [0.1, 0.15) is 0 Å². The Morgan fingerprint density at radius 3 is 2.71 bits per heavy atom. The summed E-state index contributed by atoms with van der Waals surface area (Å²) in [4.78, 5) is 0. The number of hydrogen-bond acceptors (Lipinski definition) is 6. The zero-order chi connectivity index (χ0) is 15.2. The predicted octanol–water partition coefficient (Wildman–Crippen LogP) is 2.81. The van der Waals surface area contributed by atoms with Crippen LogP contribution in [0.2, 0.25) is 0 Å². The summed E-state index contributed by atoms with van der Waals surface area (Å²) in [5.41, 5.74) is 0.721. The van der Waals surface area contributed by atoms with E-state index in [-0.39, 0.29) is 6.04 Å². The molecule has 2 aromatic rings. The van der Waals surface area contributed by atoms with Gasteiger partial charge in [0.05, 0.1) is 25.8 Å². The lowest BCUT2D eigenvalue weighted by Gasteiger charge is -2.10. The molecule has 6 nitrogen and oxygen atoms in total. The molecule has 1 aromatic carbocycles. The maximum atomic E-state index is 5.75. The minimum absolute atomic E-state index is 0.0165. The first-order valence-electron chi connectivity index (χ1n) is 6.99. The fourth-order valence-electron chi connectivity index (χ4n) is 2.02. The van der Waals surface area contributed by atoms with E-state index in [0.29, 0.717) is 23.3 Å².